The first-order valence-corrected chi connectivity index (χ1v) is 5.13. The fraction of sp³-hybridized carbons (Fsp3) is 0.400. The molecule has 0 unspecified atom stereocenters. The van der Waals surface area contributed by atoms with E-state index in [1.807, 2.05) is 25.1 Å². The molecule has 4 heteroatoms. The molecule has 0 aliphatic heterocycles. The molecule has 0 aromatic carbocycles. The zero-order valence-corrected chi connectivity index (χ0v) is 9.91. The zero-order chi connectivity index (χ0) is 10.6. The number of nitrogens with zero attached hydrogens (tertiary/aromatic N) is 2. The van der Waals surface area contributed by atoms with Crippen LogP contribution in [0.25, 0.3) is 0 Å². The molecule has 0 bridgehead atoms. The molecule has 0 fully saturated rings. The molecule has 0 saturated heterocycles. The van der Waals surface area contributed by atoms with E-state index in [0.717, 1.165) is 10.0 Å². The molecule has 14 heavy (non-hydrogen) atoms. The normalized spacial score (nSPS) is 10.6. The highest BCUT2D eigenvalue weighted by Crippen LogP contribution is 2.10. The Balaban J connectivity index is 2.56. The van der Waals surface area contributed by atoms with Gasteiger partial charge in [0.2, 0.25) is 0 Å². The molecule has 1 aromatic heterocycles. The van der Waals surface area contributed by atoms with Crippen molar-refractivity contribution in [3.63, 3.8) is 0 Å². The van der Waals surface area contributed by atoms with E-state index in [0.29, 0.717) is 13.0 Å². The summed E-state index contributed by atoms with van der Waals surface area (Å²) in [6, 6.07) is 1.92. The van der Waals surface area contributed by atoms with Crippen molar-refractivity contribution >= 4 is 21.7 Å². The van der Waals surface area contributed by atoms with Gasteiger partial charge in [-0.25, -0.2) is 0 Å². The highest BCUT2D eigenvalue weighted by Gasteiger charge is 2.05. The van der Waals surface area contributed by atoms with Crippen molar-refractivity contribution in [3.8, 4) is 0 Å². The van der Waals surface area contributed by atoms with E-state index in [1.54, 1.807) is 12.4 Å². The van der Waals surface area contributed by atoms with E-state index in [9.17, 15) is 4.79 Å². The Kier molecular flexibility index (Phi) is 4.22. The van der Waals surface area contributed by atoms with Crippen LogP contribution in [-0.4, -0.2) is 36.3 Å². The van der Waals surface area contributed by atoms with Crippen LogP contribution in [0.5, 0.6) is 0 Å². The van der Waals surface area contributed by atoms with Crippen LogP contribution in [0.2, 0.25) is 0 Å². The molecule has 0 radical (unpaired) electrons. The summed E-state index contributed by atoms with van der Waals surface area (Å²) in [5.41, 5.74) is 0.950. The molecule has 0 aliphatic rings. The number of Topliss-reactive ketones (excluding diaryl/α,β-unsaturated/α-hetero) is 1. The Hall–Kier alpha value is -0.740. The minimum Gasteiger partial charge on any atom is -0.302 e. The van der Waals surface area contributed by atoms with Crippen molar-refractivity contribution in [2.45, 2.75) is 6.42 Å². The first kappa shape index (κ1) is 11.3. The average molecular weight is 257 g/mol. The number of hydrogen-bond acceptors (Lipinski definition) is 3. The Labute approximate surface area is 92.3 Å². The maximum atomic E-state index is 11.4. The van der Waals surface area contributed by atoms with Crippen LogP contribution in [0.15, 0.2) is 22.9 Å². The molecule has 0 N–H and O–H groups in total. The quantitative estimate of drug-likeness (QED) is 0.819. The van der Waals surface area contributed by atoms with E-state index >= 15 is 0 Å². The second kappa shape index (κ2) is 5.22. The summed E-state index contributed by atoms with van der Waals surface area (Å²) < 4.78 is 0.910. The summed E-state index contributed by atoms with van der Waals surface area (Å²) in [4.78, 5) is 17.3. The van der Waals surface area contributed by atoms with Crippen molar-refractivity contribution in [1.29, 1.82) is 0 Å². The third kappa shape index (κ3) is 3.98. The van der Waals surface area contributed by atoms with Crippen LogP contribution < -0.4 is 0 Å². The Morgan fingerprint density at radius 1 is 1.50 bits per heavy atom. The van der Waals surface area contributed by atoms with Gasteiger partial charge in [0.05, 0.1) is 6.54 Å². The highest BCUT2D eigenvalue weighted by atomic mass is 79.9. The summed E-state index contributed by atoms with van der Waals surface area (Å²) in [7, 11) is 3.77. The second-order valence-electron chi connectivity index (χ2n) is 3.46. The second-order valence-corrected chi connectivity index (χ2v) is 4.38. The standard InChI is InChI=1S/C10H13BrN2O/c1-13(2)7-10(14)4-8-3-9(11)6-12-5-8/h3,5-6H,4,7H2,1-2H3. The fourth-order valence-electron chi connectivity index (χ4n) is 1.19. The molecule has 1 aromatic rings. The largest absolute Gasteiger partial charge is 0.302 e. The van der Waals surface area contributed by atoms with Crippen LogP contribution in [-0.2, 0) is 11.2 Å². The predicted molar refractivity (Wildman–Crippen MR) is 59.2 cm³/mol. The van der Waals surface area contributed by atoms with E-state index in [1.165, 1.54) is 0 Å². The van der Waals surface area contributed by atoms with Crippen molar-refractivity contribution in [3.05, 3.63) is 28.5 Å². The van der Waals surface area contributed by atoms with Gasteiger partial charge in [-0.15, -0.1) is 0 Å². The lowest BCUT2D eigenvalue weighted by Gasteiger charge is -2.07. The van der Waals surface area contributed by atoms with E-state index in [4.69, 9.17) is 0 Å². The molecule has 0 amide bonds. The summed E-state index contributed by atoms with van der Waals surface area (Å²) in [5.74, 6) is 0.204. The number of halogens is 1. The summed E-state index contributed by atoms with van der Waals surface area (Å²) in [5, 5.41) is 0. The first-order valence-electron chi connectivity index (χ1n) is 4.34. The van der Waals surface area contributed by atoms with Gasteiger partial charge in [-0.2, -0.15) is 0 Å². The van der Waals surface area contributed by atoms with Gasteiger partial charge in [-0.1, -0.05) is 0 Å². The van der Waals surface area contributed by atoms with Crippen LogP contribution in [0.4, 0.5) is 0 Å². The molecule has 1 rings (SSSR count). The molecule has 0 aliphatic carbocycles. The van der Waals surface area contributed by atoms with Crippen molar-refractivity contribution in [2.24, 2.45) is 0 Å². The number of aromatic nitrogens is 1. The minimum atomic E-state index is 0.204. The highest BCUT2D eigenvalue weighted by molar-refractivity contribution is 9.10. The lowest BCUT2D eigenvalue weighted by Crippen LogP contribution is -2.22. The number of carbonyl (C=O) groups is 1. The lowest BCUT2D eigenvalue weighted by molar-refractivity contribution is -0.119. The molecule has 0 saturated carbocycles. The number of hydrogen-bond donors (Lipinski definition) is 0. The topological polar surface area (TPSA) is 33.2 Å². The maximum absolute atomic E-state index is 11.4. The van der Waals surface area contributed by atoms with Crippen LogP contribution in [0.1, 0.15) is 5.56 Å². The third-order valence-electron chi connectivity index (χ3n) is 1.66. The molecular formula is C10H13BrN2O. The minimum absolute atomic E-state index is 0.204. The Morgan fingerprint density at radius 3 is 2.79 bits per heavy atom. The van der Waals surface area contributed by atoms with E-state index < -0.39 is 0 Å². The number of carbonyl (C=O) groups excluding carboxylic acids is 1. The summed E-state index contributed by atoms with van der Waals surface area (Å²) in [6.07, 6.45) is 3.88. The van der Waals surface area contributed by atoms with Crippen LogP contribution in [0, 0.1) is 0 Å². The van der Waals surface area contributed by atoms with Gasteiger partial charge in [-0.05, 0) is 41.7 Å². The van der Waals surface area contributed by atoms with Crippen molar-refractivity contribution in [2.75, 3.05) is 20.6 Å². The number of rotatable bonds is 4. The SMILES string of the molecule is CN(C)CC(=O)Cc1cncc(Br)c1. The predicted octanol–water partition coefficient (Wildman–Crippen LogP) is 1.52. The Bertz CT molecular complexity index is 326. The smallest absolute Gasteiger partial charge is 0.151 e. The molecule has 0 atom stereocenters. The maximum Gasteiger partial charge on any atom is 0.151 e. The average Bonchev–Trinajstić information content (AvgIpc) is 2.01. The summed E-state index contributed by atoms with van der Waals surface area (Å²) >= 11 is 3.32. The first-order chi connectivity index (χ1) is 6.58. The van der Waals surface area contributed by atoms with Gasteiger partial charge in [0, 0.05) is 23.3 Å². The molecule has 3 nitrogen and oxygen atoms in total. The van der Waals surface area contributed by atoms with Gasteiger partial charge < -0.3 is 4.90 Å². The van der Waals surface area contributed by atoms with Crippen molar-refractivity contribution in [1.82, 2.24) is 9.88 Å². The van der Waals surface area contributed by atoms with Gasteiger partial charge in [-0.3, -0.25) is 9.78 Å². The molecule has 0 spiro atoms. The number of pyridine rings is 1. The summed E-state index contributed by atoms with van der Waals surface area (Å²) in [6.45, 7) is 0.479. The molecule has 76 valence electrons. The Morgan fingerprint density at radius 2 is 2.21 bits per heavy atom. The van der Waals surface area contributed by atoms with Crippen LogP contribution in [0.3, 0.4) is 0 Å². The van der Waals surface area contributed by atoms with Gasteiger partial charge in [0.25, 0.3) is 0 Å². The zero-order valence-electron chi connectivity index (χ0n) is 8.33. The molecular weight excluding hydrogens is 244 g/mol. The number of ketones is 1. The van der Waals surface area contributed by atoms with E-state index in [2.05, 4.69) is 20.9 Å². The lowest BCUT2D eigenvalue weighted by atomic mass is 10.1. The van der Waals surface area contributed by atoms with Crippen molar-refractivity contribution < 1.29 is 4.79 Å². The van der Waals surface area contributed by atoms with Crippen LogP contribution >= 0.6 is 15.9 Å². The van der Waals surface area contributed by atoms with Gasteiger partial charge in [0.15, 0.2) is 5.78 Å². The molecule has 1 heterocycles. The van der Waals surface area contributed by atoms with E-state index in [-0.39, 0.29) is 5.78 Å². The number of likely N-dealkylation sites (N-methyl/N-ethyl adjacent to an activating group) is 1. The van der Waals surface area contributed by atoms with Gasteiger partial charge in [0.1, 0.15) is 0 Å². The monoisotopic (exact) mass is 256 g/mol. The fourth-order valence-corrected chi connectivity index (χ4v) is 1.60. The third-order valence-corrected chi connectivity index (χ3v) is 2.09. The van der Waals surface area contributed by atoms with Gasteiger partial charge >= 0.3 is 0 Å².